The summed E-state index contributed by atoms with van der Waals surface area (Å²) in [6.45, 7) is 4.49. The van der Waals surface area contributed by atoms with Gasteiger partial charge in [-0.1, -0.05) is 35.0 Å². The van der Waals surface area contributed by atoms with Gasteiger partial charge in [-0.3, -0.25) is 4.79 Å². The summed E-state index contributed by atoms with van der Waals surface area (Å²) in [4.78, 5) is 14.7. The number of hydrogen-bond acceptors (Lipinski definition) is 3. The van der Waals surface area contributed by atoms with E-state index in [1.807, 2.05) is 43.0 Å². The van der Waals surface area contributed by atoms with Gasteiger partial charge in [0.1, 0.15) is 5.76 Å². The van der Waals surface area contributed by atoms with Gasteiger partial charge in [0.05, 0.1) is 18.2 Å². The Morgan fingerprint density at radius 1 is 1.41 bits per heavy atom. The molecule has 4 nitrogen and oxygen atoms in total. The number of nitrogens with zero attached hydrogens (tertiary/aromatic N) is 2. The first-order chi connectivity index (χ1) is 10.6. The third kappa shape index (κ3) is 2.75. The molecule has 1 saturated heterocycles. The normalized spacial score (nSPS) is 18.0. The Labute approximate surface area is 135 Å². The van der Waals surface area contributed by atoms with E-state index in [-0.39, 0.29) is 11.9 Å². The van der Waals surface area contributed by atoms with E-state index in [2.05, 4.69) is 5.16 Å². The fourth-order valence-corrected chi connectivity index (χ4v) is 3.40. The number of hydrogen-bond donors (Lipinski definition) is 0. The van der Waals surface area contributed by atoms with Gasteiger partial charge in [0, 0.05) is 17.1 Å². The highest BCUT2D eigenvalue weighted by atomic mass is 35.5. The maximum atomic E-state index is 12.7. The minimum atomic E-state index is 0.0710. The van der Waals surface area contributed by atoms with Gasteiger partial charge in [-0.25, -0.2) is 0 Å². The van der Waals surface area contributed by atoms with Crippen molar-refractivity contribution in [3.8, 4) is 0 Å². The van der Waals surface area contributed by atoms with E-state index >= 15 is 0 Å². The third-order valence-electron chi connectivity index (χ3n) is 4.35. The van der Waals surface area contributed by atoms with E-state index < -0.39 is 0 Å². The quantitative estimate of drug-likeness (QED) is 0.863. The molecule has 0 N–H and O–H groups in total. The van der Waals surface area contributed by atoms with Crippen LogP contribution in [-0.4, -0.2) is 22.5 Å². The third-order valence-corrected chi connectivity index (χ3v) is 4.69. The van der Waals surface area contributed by atoms with Crippen LogP contribution in [0.25, 0.3) is 0 Å². The molecule has 1 aliphatic heterocycles. The first-order valence-corrected chi connectivity index (χ1v) is 7.91. The summed E-state index contributed by atoms with van der Waals surface area (Å²) in [6, 6.07) is 7.84. The molecule has 1 atom stereocenters. The van der Waals surface area contributed by atoms with Crippen LogP contribution in [0.2, 0.25) is 5.02 Å². The van der Waals surface area contributed by atoms with Gasteiger partial charge in [0.15, 0.2) is 0 Å². The van der Waals surface area contributed by atoms with Crippen LogP contribution in [0, 0.1) is 13.8 Å². The molecule has 116 valence electrons. The van der Waals surface area contributed by atoms with Crippen LogP contribution in [-0.2, 0) is 11.2 Å². The fourth-order valence-electron chi connectivity index (χ4n) is 3.14. The molecule has 0 radical (unpaired) electrons. The molecule has 1 aromatic carbocycles. The van der Waals surface area contributed by atoms with E-state index in [9.17, 15) is 4.79 Å². The fraction of sp³-hybridized carbons (Fsp3) is 0.412. The zero-order valence-corrected chi connectivity index (χ0v) is 13.6. The van der Waals surface area contributed by atoms with Crippen LogP contribution in [0.5, 0.6) is 0 Å². The summed E-state index contributed by atoms with van der Waals surface area (Å²) in [6.07, 6.45) is 2.29. The van der Waals surface area contributed by atoms with Crippen LogP contribution in [0.4, 0.5) is 0 Å². The van der Waals surface area contributed by atoms with E-state index in [1.54, 1.807) is 0 Å². The highest BCUT2D eigenvalue weighted by molar-refractivity contribution is 6.31. The smallest absolute Gasteiger partial charge is 0.227 e. The molecule has 1 aliphatic rings. The summed E-state index contributed by atoms with van der Waals surface area (Å²) in [5.74, 6) is 0.830. The second-order valence-corrected chi connectivity index (χ2v) is 6.15. The average Bonchev–Trinajstić information content (AvgIpc) is 3.10. The Balaban J connectivity index is 1.81. The summed E-state index contributed by atoms with van der Waals surface area (Å²) < 4.78 is 5.15. The molecule has 0 unspecified atom stereocenters. The maximum Gasteiger partial charge on any atom is 0.227 e. The van der Waals surface area contributed by atoms with Crippen molar-refractivity contribution in [2.45, 2.75) is 39.2 Å². The van der Waals surface area contributed by atoms with Crippen LogP contribution < -0.4 is 0 Å². The van der Waals surface area contributed by atoms with Gasteiger partial charge >= 0.3 is 0 Å². The first-order valence-electron chi connectivity index (χ1n) is 7.53. The van der Waals surface area contributed by atoms with Gasteiger partial charge in [-0.15, -0.1) is 0 Å². The van der Waals surface area contributed by atoms with Crippen molar-refractivity contribution in [1.82, 2.24) is 10.1 Å². The topological polar surface area (TPSA) is 46.3 Å². The van der Waals surface area contributed by atoms with Crippen molar-refractivity contribution < 1.29 is 9.32 Å². The van der Waals surface area contributed by atoms with E-state index in [4.69, 9.17) is 16.1 Å². The molecule has 0 aliphatic carbocycles. The molecule has 2 heterocycles. The largest absolute Gasteiger partial charge is 0.361 e. The van der Waals surface area contributed by atoms with Crippen LogP contribution in [0.1, 0.15) is 41.5 Å². The molecule has 22 heavy (non-hydrogen) atoms. The van der Waals surface area contributed by atoms with E-state index in [1.165, 1.54) is 0 Å². The number of aryl methyl sites for hydroxylation is 2. The average molecular weight is 319 g/mol. The SMILES string of the molecule is Cc1noc(C)c1CC(=O)N1CCC[C@H]1c1ccccc1Cl. The second-order valence-electron chi connectivity index (χ2n) is 5.75. The highest BCUT2D eigenvalue weighted by Crippen LogP contribution is 2.36. The lowest BCUT2D eigenvalue weighted by atomic mass is 10.0. The lowest BCUT2D eigenvalue weighted by Gasteiger charge is -2.26. The van der Waals surface area contributed by atoms with Crippen molar-refractivity contribution in [2.24, 2.45) is 0 Å². The van der Waals surface area contributed by atoms with E-state index in [0.717, 1.165) is 47.0 Å². The minimum absolute atomic E-state index is 0.0710. The number of carbonyl (C=O) groups excluding carboxylic acids is 1. The van der Waals surface area contributed by atoms with Crippen LogP contribution in [0.15, 0.2) is 28.8 Å². The molecule has 0 spiro atoms. The maximum absolute atomic E-state index is 12.7. The molecule has 3 rings (SSSR count). The van der Waals surface area contributed by atoms with Crippen molar-refractivity contribution in [2.75, 3.05) is 6.54 Å². The summed E-state index contributed by atoms with van der Waals surface area (Å²) in [5, 5.41) is 4.65. The zero-order valence-electron chi connectivity index (χ0n) is 12.8. The van der Waals surface area contributed by atoms with Crippen LogP contribution in [0.3, 0.4) is 0 Å². The van der Waals surface area contributed by atoms with Gasteiger partial charge in [0.25, 0.3) is 0 Å². The zero-order chi connectivity index (χ0) is 15.7. The van der Waals surface area contributed by atoms with E-state index in [0.29, 0.717) is 6.42 Å². The monoisotopic (exact) mass is 318 g/mol. The lowest BCUT2D eigenvalue weighted by Crippen LogP contribution is -2.32. The molecule has 1 amide bonds. The number of benzene rings is 1. The van der Waals surface area contributed by atoms with Crippen molar-refractivity contribution in [3.63, 3.8) is 0 Å². The Kier molecular flexibility index (Phi) is 4.21. The predicted octanol–water partition coefficient (Wildman–Crippen LogP) is 3.85. The van der Waals surface area contributed by atoms with Gasteiger partial charge < -0.3 is 9.42 Å². The summed E-state index contributed by atoms with van der Waals surface area (Å²) in [5.41, 5.74) is 2.72. The van der Waals surface area contributed by atoms with Gasteiger partial charge in [0.2, 0.25) is 5.91 Å². The number of amides is 1. The lowest BCUT2D eigenvalue weighted by molar-refractivity contribution is -0.131. The minimum Gasteiger partial charge on any atom is -0.361 e. The number of rotatable bonds is 3. The molecule has 5 heteroatoms. The Morgan fingerprint density at radius 2 is 2.18 bits per heavy atom. The number of halogens is 1. The molecular formula is C17H19ClN2O2. The predicted molar refractivity (Wildman–Crippen MR) is 84.8 cm³/mol. The number of likely N-dealkylation sites (tertiary alicyclic amines) is 1. The van der Waals surface area contributed by atoms with Crippen molar-refractivity contribution in [1.29, 1.82) is 0 Å². The molecule has 0 bridgehead atoms. The molecule has 1 aromatic heterocycles. The van der Waals surface area contributed by atoms with Crippen molar-refractivity contribution >= 4 is 17.5 Å². The Bertz CT molecular complexity index is 676. The molecule has 1 fully saturated rings. The summed E-state index contributed by atoms with van der Waals surface area (Å²) in [7, 11) is 0. The van der Waals surface area contributed by atoms with Crippen molar-refractivity contribution in [3.05, 3.63) is 51.9 Å². The standard InChI is InChI=1S/C17H19ClN2O2/c1-11-14(12(2)22-19-11)10-17(21)20-9-5-8-16(20)13-6-3-4-7-15(13)18/h3-4,6-7,16H,5,8-10H2,1-2H3/t16-/m0/s1. The number of carbonyl (C=O) groups is 1. The Hall–Kier alpha value is -1.81. The Morgan fingerprint density at radius 3 is 2.86 bits per heavy atom. The summed E-state index contributed by atoms with van der Waals surface area (Å²) >= 11 is 6.30. The molecule has 2 aromatic rings. The van der Waals surface area contributed by atoms with Gasteiger partial charge in [-0.05, 0) is 38.3 Å². The highest BCUT2D eigenvalue weighted by Gasteiger charge is 2.31. The number of aromatic nitrogens is 1. The molecule has 0 saturated carbocycles. The first kappa shape index (κ1) is 15.1. The van der Waals surface area contributed by atoms with Gasteiger partial charge in [-0.2, -0.15) is 0 Å². The molecular weight excluding hydrogens is 300 g/mol. The van der Waals surface area contributed by atoms with Crippen LogP contribution >= 0.6 is 11.6 Å². The second kappa shape index (κ2) is 6.13.